The van der Waals surface area contributed by atoms with Crippen molar-refractivity contribution in [2.45, 2.75) is 133 Å². The SMILES string of the molecule is C.C.C.C1CCOC1.CC.COC(=O)c1ccc(-c2nc(C(F)(F)F)cn2COCC[Si](C)(C)C)cc1.C[Si](C)(C)CCOCn1cc(C(F)(F)F)nc1-c1ccc(CO)cc1. The Bertz CT molecular complexity index is 1810. The number of aromatic nitrogens is 4. The summed E-state index contributed by atoms with van der Waals surface area (Å²) in [4.78, 5) is 19.0. The minimum Gasteiger partial charge on any atom is -0.465 e. The summed E-state index contributed by atoms with van der Waals surface area (Å²) in [5.41, 5.74) is 0.0605. The number of rotatable bonds is 14. The molecule has 1 N–H and O–H groups in total. The van der Waals surface area contributed by atoms with E-state index in [9.17, 15) is 31.1 Å². The molecule has 0 saturated carbocycles. The number of halogens is 6. The first-order valence-electron chi connectivity index (χ1n) is 19.5. The molecule has 0 bridgehead atoms. The summed E-state index contributed by atoms with van der Waals surface area (Å²) in [6.45, 7) is 20.1. The average Bonchev–Trinajstić information content (AvgIpc) is 3.98. The van der Waals surface area contributed by atoms with Gasteiger partial charge in [0.2, 0.25) is 0 Å². The van der Waals surface area contributed by atoms with E-state index in [4.69, 9.17) is 19.3 Å². The molecule has 10 nitrogen and oxygen atoms in total. The second-order valence-electron chi connectivity index (χ2n) is 15.8. The Morgan fingerprint density at radius 3 is 1.35 bits per heavy atom. The maximum atomic E-state index is 13.1. The van der Waals surface area contributed by atoms with Crippen molar-refractivity contribution in [3.63, 3.8) is 0 Å². The van der Waals surface area contributed by atoms with E-state index in [2.05, 4.69) is 54.0 Å². The van der Waals surface area contributed by atoms with Crippen molar-refractivity contribution in [3.05, 3.63) is 83.4 Å². The van der Waals surface area contributed by atoms with Gasteiger partial charge in [0.05, 0.1) is 19.3 Å². The van der Waals surface area contributed by atoms with E-state index < -0.39 is 45.9 Å². The van der Waals surface area contributed by atoms with Crippen LogP contribution in [0.3, 0.4) is 0 Å². The molecular formula is C44H72F6N4O6Si2. The number of hydrogen-bond acceptors (Lipinski definition) is 8. The van der Waals surface area contributed by atoms with Gasteiger partial charge in [-0.3, -0.25) is 0 Å². The first-order valence-corrected chi connectivity index (χ1v) is 26.9. The zero-order valence-electron chi connectivity index (χ0n) is 35.6. The van der Waals surface area contributed by atoms with E-state index in [1.165, 1.54) is 53.4 Å². The van der Waals surface area contributed by atoms with Crippen LogP contribution in [0.5, 0.6) is 0 Å². The molecule has 62 heavy (non-hydrogen) atoms. The topological polar surface area (TPSA) is 110 Å². The Kier molecular flexibility index (Phi) is 27.3. The van der Waals surface area contributed by atoms with Crippen molar-refractivity contribution in [1.82, 2.24) is 19.1 Å². The maximum absolute atomic E-state index is 13.1. The summed E-state index contributed by atoms with van der Waals surface area (Å²) in [6, 6.07) is 14.5. The number of esters is 1. The predicted octanol–water partition coefficient (Wildman–Crippen LogP) is 12.8. The van der Waals surface area contributed by atoms with Crippen LogP contribution in [-0.2, 0) is 51.4 Å². The van der Waals surface area contributed by atoms with Gasteiger partial charge in [0, 0.05) is 66.1 Å². The monoisotopic (exact) mass is 922 g/mol. The van der Waals surface area contributed by atoms with E-state index in [1.807, 2.05) is 13.8 Å². The van der Waals surface area contributed by atoms with Crippen LogP contribution in [0, 0.1) is 0 Å². The van der Waals surface area contributed by atoms with Crippen LogP contribution >= 0.6 is 0 Å². The van der Waals surface area contributed by atoms with Crippen molar-refractivity contribution in [2.24, 2.45) is 0 Å². The maximum Gasteiger partial charge on any atom is 0.434 e. The quantitative estimate of drug-likeness (QED) is 0.0576. The minimum atomic E-state index is -4.55. The third-order valence-electron chi connectivity index (χ3n) is 8.37. The molecule has 0 radical (unpaired) electrons. The van der Waals surface area contributed by atoms with E-state index in [0.29, 0.717) is 35.5 Å². The Balaban J connectivity index is 0. The van der Waals surface area contributed by atoms with Crippen LogP contribution < -0.4 is 0 Å². The van der Waals surface area contributed by atoms with E-state index in [-0.39, 0.29) is 54.0 Å². The normalized spacial score (nSPS) is 12.5. The Hall–Kier alpha value is -3.82. The summed E-state index contributed by atoms with van der Waals surface area (Å²) in [7, 11) is -1.29. The first-order chi connectivity index (χ1) is 27.6. The number of carbonyl (C=O) groups is 1. The molecule has 1 saturated heterocycles. The van der Waals surface area contributed by atoms with Crippen molar-refractivity contribution >= 4 is 22.1 Å². The molecule has 2 aromatic carbocycles. The number of aliphatic hydroxyl groups is 1. The van der Waals surface area contributed by atoms with Gasteiger partial charge >= 0.3 is 18.3 Å². The van der Waals surface area contributed by atoms with Gasteiger partial charge in [0.1, 0.15) is 25.1 Å². The molecule has 354 valence electrons. The fourth-order valence-corrected chi connectivity index (χ4v) is 6.50. The molecule has 0 unspecified atom stereocenters. The van der Waals surface area contributed by atoms with Crippen molar-refractivity contribution in [1.29, 1.82) is 0 Å². The Labute approximate surface area is 368 Å². The lowest BCUT2D eigenvalue weighted by Crippen LogP contribution is -2.22. The molecule has 1 aliphatic heterocycles. The van der Waals surface area contributed by atoms with Gasteiger partial charge < -0.3 is 33.2 Å². The molecule has 0 spiro atoms. The fourth-order valence-electron chi connectivity index (χ4n) is 4.99. The van der Waals surface area contributed by atoms with Crippen molar-refractivity contribution < 1.29 is 55.2 Å². The molecule has 18 heteroatoms. The highest BCUT2D eigenvalue weighted by Gasteiger charge is 2.36. The molecule has 1 aliphatic rings. The number of benzene rings is 2. The van der Waals surface area contributed by atoms with Gasteiger partial charge in [-0.2, -0.15) is 26.3 Å². The number of methoxy groups -OCH3 is 1. The third-order valence-corrected chi connectivity index (χ3v) is 11.8. The highest BCUT2D eigenvalue weighted by Crippen LogP contribution is 2.32. The van der Waals surface area contributed by atoms with Gasteiger partial charge in [0.15, 0.2) is 11.4 Å². The van der Waals surface area contributed by atoms with Crippen molar-refractivity contribution in [2.75, 3.05) is 33.5 Å². The molecule has 1 fully saturated rings. The summed E-state index contributed by atoms with van der Waals surface area (Å²) in [5.74, 6) is -0.188. The number of carbonyl (C=O) groups excluding carboxylic acids is 1. The van der Waals surface area contributed by atoms with Crippen LogP contribution in [0.15, 0.2) is 60.9 Å². The van der Waals surface area contributed by atoms with Gasteiger partial charge in [-0.15, -0.1) is 0 Å². The molecule has 3 heterocycles. The summed E-state index contributed by atoms with van der Waals surface area (Å²) >= 11 is 0. The number of alkyl halides is 6. The molecule has 0 aliphatic carbocycles. The standard InChI is InChI=1S/C18H23F3N2O3Si.C17H23F3N2O2Si.C4H8O.C2H6.3CH4/c1-25-17(24)14-7-5-13(6-8-14)16-22-15(18(19,20)21)11-23(16)12-26-9-10-27(2,3)4;1-25(2,3)9-8-24-12-22-10-15(17(18,19)20)21-16(22)14-6-4-13(11-23)5-7-14;1-2-4-5-3-1;1-2;;;/h5-8,11H,9-10,12H2,1-4H3;4-7,10,23H,8-9,11-12H2,1-3H3;1-4H2;1-2H3;3*1H4. The van der Waals surface area contributed by atoms with Crippen LogP contribution in [0.25, 0.3) is 22.8 Å². The second-order valence-corrected chi connectivity index (χ2v) is 27.0. The number of ether oxygens (including phenoxy) is 4. The van der Waals surface area contributed by atoms with E-state index in [0.717, 1.165) is 37.7 Å². The minimum absolute atomic E-state index is 0. The lowest BCUT2D eigenvalue weighted by atomic mass is 10.1. The van der Waals surface area contributed by atoms with Crippen LogP contribution in [0.4, 0.5) is 26.3 Å². The van der Waals surface area contributed by atoms with Crippen LogP contribution in [0.2, 0.25) is 51.4 Å². The van der Waals surface area contributed by atoms with E-state index in [1.54, 1.807) is 24.3 Å². The predicted molar refractivity (Wildman–Crippen MR) is 242 cm³/mol. The summed E-state index contributed by atoms with van der Waals surface area (Å²) in [5, 5.41) is 9.09. The average molecular weight is 923 g/mol. The second kappa shape index (κ2) is 28.1. The van der Waals surface area contributed by atoms with Crippen LogP contribution in [0.1, 0.15) is 76.3 Å². The van der Waals surface area contributed by atoms with Gasteiger partial charge in [-0.1, -0.05) is 112 Å². The summed E-state index contributed by atoms with van der Waals surface area (Å²) < 4.78 is 102. The van der Waals surface area contributed by atoms with Gasteiger partial charge in [0.25, 0.3) is 0 Å². The number of aliphatic hydroxyl groups excluding tert-OH is 1. The van der Waals surface area contributed by atoms with Crippen molar-refractivity contribution in [3.8, 4) is 22.8 Å². The number of imidazole rings is 2. The molecular weight excluding hydrogens is 851 g/mol. The zero-order valence-corrected chi connectivity index (χ0v) is 37.6. The smallest absolute Gasteiger partial charge is 0.434 e. The molecule has 0 atom stereocenters. The largest absolute Gasteiger partial charge is 0.465 e. The highest BCUT2D eigenvalue weighted by molar-refractivity contribution is 6.76. The first kappa shape index (κ1) is 60.3. The zero-order chi connectivity index (χ0) is 44.4. The highest BCUT2D eigenvalue weighted by atomic mass is 28.3. The number of nitrogens with zero attached hydrogens (tertiary/aromatic N) is 4. The van der Waals surface area contributed by atoms with Gasteiger partial charge in [-0.25, -0.2) is 14.8 Å². The Morgan fingerprint density at radius 2 is 1.06 bits per heavy atom. The molecule has 4 aromatic rings. The Morgan fingerprint density at radius 1 is 0.694 bits per heavy atom. The molecule has 5 rings (SSSR count). The fraction of sp³-hybridized carbons (Fsp3) is 0.568. The molecule has 2 aromatic heterocycles. The number of hydrogen-bond donors (Lipinski definition) is 1. The summed E-state index contributed by atoms with van der Waals surface area (Å²) in [6.07, 6.45) is -4.59. The molecule has 0 amide bonds. The third kappa shape index (κ3) is 21.5. The van der Waals surface area contributed by atoms with E-state index >= 15 is 0 Å². The van der Waals surface area contributed by atoms with Gasteiger partial charge in [-0.05, 0) is 42.6 Å². The lowest BCUT2D eigenvalue weighted by Gasteiger charge is -2.16. The lowest BCUT2D eigenvalue weighted by molar-refractivity contribution is -0.141. The van der Waals surface area contributed by atoms with Crippen LogP contribution in [-0.4, -0.2) is 79.9 Å².